The van der Waals surface area contributed by atoms with Crippen molar-refractivity contribution in [3.63, 3.8) is 0 Å². The van der Waals surface area contributed by atoms with Crippen LogP contribution in [0.25, 0.3) is 10.4 Å². The molecule has 2 aromatic rings. The van der Waals surface area contributed by atoms with Crippen LogP contribution in [0.3, 0.4) is 0 Å². The minimum Gasteiger partial charge on any atom is -0.359 e. The highest BCUT2D eigenvalue weighted by molar-refractivity contribution is 7.13. The van der Waals surface area contributed by atoms with Crippen molar-refractivity contribution in [2.24, 2.45) is 0 Å². The first kappa shape index (κ1) is 16.2. The summed E-state index contributed by atoms with van der Waals surface area (Å²) in [6.45, 7) is 2.08. The maximum Gasteiger partial charge on any atom is 0.224 e. The Labute approximate surface area is 134 Å². The van der Waals surface area contributed by atoms with Gasteiger partial charge in [-0.1, -0.05) is 12.1 Å². The number of anilines is 1. The van der Waals surface area contributed by atoms with E-state index in [1.165, 1.54) is 10.4 Å². The van der Waals surface area contributed by atoms with Crippen LogP contribution in [0.15, 0.2) is 35.7 Å². The standard InChI is InChI=1S/C17H20N2O2S/c1-12-9-10-22-17(12)13-5-3-6-14(11-13)19-16(21)8-4-7-15(20)18-2/h3,5-6,9-11H,4,7-8H2,1-2H3,(H,18,20)(H,19,21). The zero-order valence-corrected chi connectivity index (χ0v) is 13.6. The predicted octanol–water partition coefficient (Wildman–Crippen LogP) is 3.58. The van der Waals surface area contributed by atoms with E-state index < -0.39 is 0 Å². The molecule has 0 saturated carbocycles. The topological polar surface area (TPSA) is 58.2 Å². The van der Waals surface area contributed by atoms with Crippen molar-refractivity contribution in [2.75, 3.05) is 12.4 Å². The number of rotatable bonds is 6. The summed E-state index contributed by atoms with van der Waals surface area (Å²) in [5, 5.41) is 7.50. The van der Waals surface area contributed by atoms with Crippen LogP contribution in [-0.4, -0.2) is 18.9 Å². The van der Waals surface area contributed by atoms with Gasteiger partial charge < -0.3 is 10.6 Å². The molecule has 5 heteroatoms. The minimum atomic E-state index is -0.0658. The summed E-state index contributed by atoms with van der Waals surface area (Å²) in [4.78, 5) is 24.2. The molecule has 0 spiro atoms. The molecule has 22 heavy (non-hydrogen) atoms. The van der Waals surface area contributed by atoms with Crippen LogP contribution in [0.5, 0.6) is 0 Å². The summed E-state index contributed by atoms with van der Waals surface area (Å²) in [7, 11) is 1.60. The van der Waals surface area contributed by atoms with Gasteiger partial charge in [0.15, 0.2) is 0 Å². The molecule has 2 N–H and O–H groups in total. The first-order chi connectivity index (χ1) is 10.6. The average molecular weight is 316 g/mol. The molecule has 0 radical (unpaired) electrons. The molecule has 116 valence electrons. The van der Waals surface area contributed by atoms with Gasteiger partial charge in [0.25, 0.3) is 0 Å². The lowest BCUT2D eigenvalue weighted by molar-refractivity contribution is -0.120. The van der Waals surface area contributed by atoms with Gasteiger partial charge in [0.2, 0.25) is 11.8 Å². The SMILES string of the molecule is CNC(=O)CCCC(=O)Nc1cccc(-c2sccc2C)c1. The van der Waals surface area contributed by atoms with Gasteiger partial charge in [0, 0.05) is 30.5 Å². The van der Waals surface area contributed by atoms with Crippen LogP contribution in [-0.2, 0) is 9.59 Å². The van der Waals surface area contributed by atoms with Gasteiger partial charge in [0.1, 0.15) is 0 Å². The molecule has 0 aliphatic carbocycles. The number of thiophene rings is 1. The zero-order chi connectivity index (χ0) is 15.9. The molecule has 1 heterocycles. The number of carbonyl (C=O) groups excluding carboxylic acids is 2. The molecule has 0 unspecified atom stereocenters. The van der Waals surface area contributed by atoms with Gasteiger partial charge in [0.05, 0.1) is 0 Å². The number of hydrogen-bond acceptors (Lipinski definition) is 3. The molecule has 1 aromatic carbocycles. The Hall–Kier alpha value is -2.14. The lowest BCUT2D eigenvalue weighted by Crippen LogP contribution is -2.18. The smallest absolute Gasteiger partial charge is 0.224 e. The summed E-state index contributed by atoms with van der Waals surface area (Å²) >= 11 is 1.69. The molecule has 0 aliphatic rings. The Bertz CT molecular complexity index is 664. The van der Waals surface area contributed by atoms with E-state index in [1.807, 2.05) is 24.3 Å². The first-order valence-electron chi connectivity index (χ1n) is 7.25. The number of amides is 2. The van der Waals surface area contributed by atoms with E-state index in [-0.39, 0.29) is 11.8 Å². The molecule has 0 atom stereocenters. The molecule has 0 saturated heterocycles. The third kappa shape index (κ3) is 4.43. The van der Waals surface area contributed by atoms with E-state index in [2.05, 4.69) is 29.0 Å². The van der Waals surface area contributed by atoms with Crippen LogP contribution >= 0.6 is 11.3 Å². The Morgan fingerprint density at radius 1 is 1.14 bits per heavy atom. The van der Waals surface area contributed by atoms with Crippen molar-refractivity contribution in [1.29, 1.82) is 0 Å². The second-order valence-corrected chi connectivity index (χ2v) is 6.00. The van der Waals surface area contributed by atoms with Crippen LogP contribution in [0.4, 0.5) is 5.69 Å². The molecule has 4 nitrogen and oxygen atoms in total. The maximum absolute atomic E-state index is 11.9. The van der Waals surface area contributed by atoms with E-state index >= 15 is 0 Å². The molecular weight excluding hydrogens is 296 g/mol. The monoisotopic (exact) mass is 316 g/mol. The lowest BCUT2D eigenvalue weighted by atomic mass is 10.1. The molecule has 0 bridgehead atoms. The Morgan fingerprint density at radius 3 is 2.59 bits per heavy atom. The summed E-state index contributed by atoms with van der Waals surface area (Å²) < 4.78 is 0. The highest BCUT2D eigenvalue weighted by Gasteiger charge is 2.07. The number of hydrogen-bond donors (Lipinski definition) is 2. The van der Waals surface area contributed by atoms with Gasteiger partial charge in [-0.3, -0.25) is 9.59 Å². The van der Waals surface area contributed by atoms with Crippen LogP contribution in [0.1, 0.15) is 24.8 Å². The fraction of sp³-hybridized carbons (Fsp3) is 0.294. The lowest BCUT2D eigenvalue weighted by Gasteiger charge is -2.07. The second-order valence-electron chi connectivity index (χ2n) is 5.09. The fourth-order valence-corrected chi connectivity index (χ4v) is 3.09. The second kappa shape index (κ2) is 7.75. The normalized spacial score (nSPS) is 10.3. The van der Waals surface area contributed by atoms with Gasteiger partial charge in [-0.05, 0) is 48.1 Å². The summed E-state index contributed by atoms with van der Waals surface area (Å²) in [5.74, 6) is -0.105. The van der Waals surface area contributed by atoms with E-state index in [0.717, 1.165) is 11.3 Å². The third-order valence-corrected chi connectivity index (χ3v) is 4.42. The predicted molar refractivity (Wildman–Crippen MR) is 91.0 cm³/mol. The summed E-state index contributed by atoms with van der Waals surface area (Å²) in [6.07, 6.45) is 1.27. The molecule has 2 rings (SSSR count). The fourth-order valence-electron chi connectivity index (χ4n) is 2.16. The van der Waals surface area contributed by atoms with Gasteiger partial charge in [-0.2, -0.15) is 0 Å². The maximum atomic E-state index is 11.9. The van der Waals surface area contributed by atoms with Crippen LogP contribution < -0.4 is 10.6 Å². The summed E-state index contributed by atoms with van der Waals surface area (Å²) in [5.41, 5.74) is 3.13. The van der Waals surface area contributed by atoms with E-state index in [1.54, 1.807) is 18.4 Å². The van der Waals surface area contributed by atoms with E-state index in [4.69, 9.17) is 0 Å². The van der Waals surface area contributed by atoms with Crippen molar-refractivity contribution in [1.82, 2.24) is 5.32 Å². The van der Waals surface area contributed by atoms with Gasteiger partial charge in [-0.25, -0.2) is 0 Å². The Kier molecular flexibility index (Phi) is 5.72. The number of nitrogens with one attached hydrogen (secondary N) is 2. The van der Waals surface area contributed by atoms with Crippen LogP contribution in [0, 0.1) is 6.92 Å². The average Bonchev–Trinajstić information content (AvgIpc) is 2.93. The minimum absolute atomic E-state index is 0.0389. The van der Waals surface area contributed by atoms with Crippen molar-refractivity contribution in [3.05, 3.63) is 41.3 Å². The van der Waals surface area contributed by atoms with Crippen molar-refractivity contribution in [3.8, 4) is 10.4 Å². The van der Waals surface area contributed by atoms with Crippen molar-refractivity contribution < 1.29 is 9.59 Å². The largest absolute Gasteiger partial charge is 0.359 e. The Morgan fingerprint density at radius 2 is 1.91 bits per heavy atom. The first-order valence-corrected chi connectivity index (χ1v) is 8.13. The highest BCUT2D eigenvalue weighted by Crippen LogP contribution is 2.30. The van der Waals surface area contributed by atoms with Crippen LogP contribution in [0.2, 0.25) is 0 Å². The Balaban J connectivity index is 1.94. The molecular formula is C17H20N2O2S. The van der Waals surface area contributed by atoms with E-state index in [9.17, 15) is 9.59 Å². The molecule has 2 amide bonds. The number of aryl methyl sites for hydroxylation is 1. The molecule has 1 aromatic heterocycles. The third-order valence-electron chi connectivity index (χ3n) is 3.36. The molecule has 0 aliphatic heterocycles. The zero-order valence-electron chi connectivity index (χ0n) is 12.8. The number of benzene rings is 1. The number of carbonyl (C=O) groups is 2. The van der Waals surface area contributed by atoms with Crippen molar-refractivity contribution >= 4 is 28.8 Å². The van der Waals surface area contributed by atoms with Crippen molar-refractivity contribution in [2.45, 2.75) is 26.2 Å². The quantitative estimate of drug-likeness (QED) is 0.856. The van der Waals surface area contributed by atoms with Gasteiger partial charge in [-0.15, -0.1) is 11.3 Å². The molecule has 0 fully saturated rings. The van der Waals surface area contributed by atoms with E-state index in [0.29, 0.717) is 19.3 Å². The highest BCUT2D eigenvalue weighted by atomic mass is 32.1. The summed E-state index contributed by atoms with van der Waals surface area (Å²) in [6, 6.07) is 9.93. The van der Waals surface area contributed by atoms with Gasteiger partial charge >= 0.3 is 0 Å².